The van der Waals surface area contributed by atoms with Crippen molar-refractivity contribution in [2.45, 2.75) is 19.4 Å². The SMILES string of the molecule is Cc1cccc(C(=O)O[C@H]2CCOC2=O)c1. The molecule has 1 fully saturated rings. The van der Waals surface area contributed by atoms with E-state index >= 15 is 0 Å². The molecular weight excluding hydrogens is 208 g/mol. The van der Waals surface area contributed by atoms with Gasteiger partial charge < -0.3 is 9.47 Å². The summed E-state index contributed by atoms with van der Waals surface area (Å²) in [4.78, 5) is 22.8. The number of hydrogen-bond acceptors (Lipinski definition) is 4. The second-order valence-electron chi connectivity index (χ2n) is 3.72. The molecule has 2 rings (SSSR count). The van der Waals surface area contributed by atoms with E-state index in [2.05, 4.69) is 0 Å². The van der Waals surface area contributed by atoms with Crippen LogP contribution in [0.2, 0.25) is 0 Å². The molecule has 1 atom stereocenters. The van der Waals surface area contributed by atoms with Gasteiger partial charge in [-0.1, -0.05) is 17.7 Å². The summed E-state index contributed by atoms with van der Waals surface area (Å²) < 4.78 is 9.76. The molecule has 0 unspecified atom stereocenters. The Kier molecular flexibility index (Phi) is 2.90. The van der Waals surface area contributed by atoms with Gasteiger partial charge >= 0.3 is 11.9 Å². The quantitative estimate of drug-likeness (QED) is 0.708. The average Bonchev–Trinajstić information content (AvgIpc) is 2.64. The lowest BCUT2D eigenvalue weighted by Crippen LogP contribution is -2.22. The molecule has 0 aliphatic carbocycles. The Hall–Kier alpha value is -1.84. The van der Waals surface area contributed by atoms with E-state index in [9.17, 15) is 9.59 Å². The molecule has 84 valence electrons. The topological polar surface area (TPSA) is 52.6 Å². The Labute approximate surface area is 93.2 Å². The zero-order valence-corrected chi connectivity index (χ0v) is 8.93. The largest absolute Gasteiger partial charge is 0.463 e. The Morgan fingerprint density at radius 1 is 1.50 bits per heavy atom. The van der Waals surface area contributed by atoms with Gasteiger partial charge in [0.1, 0.15) is 0 Å². The summed E-state index contributed by atoms with van der Waals surface area (Å²) in [5.41, 5.74) is 1.43. The van der Waals surface area contributed by atoms with Gasteiger partial charge in [-0.25, -0.2) is 9.59 Å². The fourth-order valence-electron chi connectivity index (χ4n) is 1.55. The van der Waals surface area contributed by atoms with Gasteiger partial charge in [0, 0.05) is 6.42 Å². The van der Waals surface area contributed by atoms with Crippen LogP contribution in [-0.4, -0.2) is 24.6 Å². The van der Waals surface area contributed by atoms with Crippen LogP contribution in [0.3, 0.4) is 0 Å². The molecule has 1 heterocycles. The van der Waals surface area contributed by atoms with Gasteiger partial charge in [-0.15, -0.1) is 0 Å². The average molecular weight is 220 g/mol. The number of carbonyl (C=O) groups excluding carboxylic acids is 2. The van der Waals surface area contributed by atoms with Gasteiger partial charge in [0.05, 0.1) is 12.2 Å². The summed E-state index contributed by atoms with van der Waals surface area (Å²) in [6.07, 6.45) is -0.302. The van der Waals surface area contributed by atoms with Crippen LogP contribution in [0.25, 0.3) is 0 Å². The smallest absolute Gasteiger partial charge is 0.347 e. The van der Waals surface area contributed by atoms with Crippen LogP contribution in [0.4, 0.5) is 0 Å². The second-order valence-corrected chi connectivity index (χ2v) is 3.72. The van der Waals surface area contributed by atoms with E-state index in [-0.39, 0.29) is 0 Å². The van der Waals surface area contributed by atoms with E-state index in [4.69, 9.17) is 9.47 Å². The summed E-state index contributed by atoms with van der Waals surface area (Å²) in [6.45, 7) is 2.21. The molecule has 0 bridgehead atoms. The maximum absolute atomic E-state index is 11.7. The zero-order valence-electron chi connectivity index (χ0n) is 8.93. The third-order valence-corrected chi connectivity index (χ3v) is 2.39. The van der Waals surface area contributed by atoms with Crippen molar-refractivity contribution in [1.82, 2.24) is 0 Å². The normalized spacial score (nSPS) is 19.3. The van der Waals surface area contributed by atoms with Crippen LogP contribution in [0.5, 0.6) is 0 Å². The Morgan fingerprint density at radius 2 is 2.31 bits per heavy atom. The first kappa shape index (κ1) is 10.7. The first-order valence-corrected chi connectivity index (χ1v) is 5.11. The molecule has 4 heteroatoms. The molecule has 1 saturated heterocycles. The molecule has 16 heavy (non-hydrogen) atoms. The highest BCUT2D eigenvalue weighted by Gasteiger charge is 2.30. The molecule has 0 spiro atoms. The maximum Gasteiger partial charge on any atom is 0.347 e. The highest BCUT2D eigenvalue weighted by atomic mass is 16.6. The van der Waals surface area contributed by atoms with Crippen LogP contribution in [0, 0.1) is 6.92 Å². The molecule has 0 N–H and O–H groups in total. The third-order valence-electron chi connectivity index (χ3n) is 2.39. The monoisotopic (exact) mass is 220 g/mol. The lowest BCUT2D eigenvalue weighted by atomic mass is 10.1. The second kappa shape index (κ2) is 4.35. The summed E-state index contributed by atoms with van der Waals surface area (Å²) in [5, 5.41) is 0. The van der Waals surface area contributed by atoms with Crippen LogP contribution in [0.1, 0.15) is 22.3 Å². The predicted molar refractivity (Wildman–Crippen MR) is 56.0 cm³/mol. The lowest BCUT2D eigenvalue weighted by molar-refractivity contribution is -0.145. The van der Waals surface area contributed by atoms with E-state index < -0.39 is 18.0 Å². The molecule has 4 nitrogen and oxygen atoms in total. The zero-order chi connectivity index (χ0) is 11.5. The van der Waals surface area contributed by atoms with Crippen LogP contribution in [0.15, 0.2) is 24.3 Å². The summed E-state index contributed by atoms with van der Waals surface area (Å²) in [7, 11) is 0. The molecule has 0 amide bonds. The minimum absolute atomic E-state index is 0.324. The van der Waals surface area contributed by atoms with E-state index in [0.29, 0.717) is 18.6 Å². The van der Waals surface area contributed by atoms with E-state index in [0.717, 1.165) is 5.56 Å². The van der Waals surface area contributed by atoms with E-state index in [1.165, 1.54) is 0 Å². The number of hydrogen-bond donors (Lipinski definition) is 0. The van der Waals surface area contributed by atoms with Crippen LogP contribution in [-0.2, 0) is 14.3 Å². The van der Waals surface area contributed by atoms with Crippen molar-refractivity contribution in [3.05, 3.63) is 35.4 Å². The van der Waals surface area contributed by atoms with Crippen LogP contribution < -0.4 is 0 Å². The summed E-state index contributed by atoms with van der Waals surface area (Å²) >= 11 is 0. The summed E-state index contributed by atoms with van der Waals surface area (Å²) in [6, 6.07) is 7.05. The number of cyclic esters (lactones) is 1. The molecule has 1 aromatic carbocycles. The standard InChI is InChI=1S/C12H12O4/c1-8-3-2-4-9(7-8)11(13)16-10-5-6-15-12(10)14/h2-4,7,10H,5-6H2,1H3/t10-/m0/s1. The fourth-order valence-corrected chi connectivity index (χ4v) is 1.55. The van der Waals surface area contributed by atoms with Crippen molar-refractivity contribution in [2.24, 2.45) is 0 Å². The Bertz CT molecular complexity index is 425. The Morgan fingerprint density at radius 3 is 2.94 bits per heavy atom. The van der Waals surface area contributed by atoms with Crippen molar-refractivity contribution in [3.63, 3.8) is 0 Å². The van der Waals surface area contributed by atoms with Crippen molar-refractivity contribution in [3.8, 4) is 0 Å². The molecule has 0 aromatic heterocycles. The van der Waals surface area contributed by atoms with Gasteiger partial charge in [0.2, 0.25) is 6.10 Å². The molecule has 1 aliphatic heterocycles. The number of benzene rings is 1. The van der Waals surface area contributed by atoms with E-state index in [1.807, 2.05) is 13.0 Å². The number of carbonyl (C=O) groups is 2. The number of esters is 2. The van der Waals surface area contributed by atoms with Crippen molar-refractivity contribution >= 4 is 11.9 Å². The number of ether oxygens (including phenoxy) is 2. The van der Waals surface area contributed by atoms with E-state index in [1.54, 1.807) is 18.2 Å². The lowest BCUT2D eigenvalue weighted by Gasteiger charge is -2.08. The number of rotatable bonds is 2. The van der Waals surface area contributed by atoms with Crippen LogP contribution >= 0.6 is 0 Å². The highest BCUT2D eigenvalue weighted by molar-refractivity contribution is 5.91. The molecule has 0 saturated carbocycles. The molecular formula is C12H12O4. The maximum atomic E-state index is 11.7. The minimum atomic E-state index is -0.743. The third kappa shape index (κ3) is 2.21. The summed E-state index contributed by atoms with van der Waals surface area (Å²) in [5.74, 6) is -0.937. The van der Waals surface area contributed by atoms with Gasteiger partial charge in [0.15, 0.2) is 0 Å². The number of aryl methyl sites for hydroxylation is 1. The first-order chi connectivity index (χ1) is 7.66. The van der Waals surface area contributed by atoms with Crippen molar-refractivity contribution < 1.29 is 19.1 Å². The van der Waals surface area contributed by atoms with Crippen molar-refractivity contribution in [2.75, 3.05) is 6.61 Å². The van der Waals surface area contributed by atoms with Gasteiger partial charge in [0.25, 0.3) is 0 Å². The van der Waals surface area contributed by atoms with Crippen molar-refractivity contribution in [1.29, 1.82) is 0 Å². The van der Waals surface area contributed by atoms with Gasteiger partial charge in [-0.05, 0) is 19.1 Å². The minimum Gasteiger partial charge on any atom is -0.463 e. The molecule has 0 radical (unpaired) electrons. The van der Waals surface area contributed by atoms with Gasteiger partial charge in [-0.2, -0.15) is 0 Å². The fraction of sp³-hybridized carbons (Fsp3) is 0.333. The predicted octanol–water partition coefficient (Wildman–Crippen LogP) is 1.47. The Balaban J connectivity index is 2.05. The van der Waals surface area contributed by atoms with Gasteiger partial charge in [-0.3, -0.25) is 0 Å². The first-order valence-electron chi connectivity index (χ1n) is 5.11. The molecule has 1 aliphatic rings. The molecule has 1 aromatic rings. The highest BCUT2D eigenvalue weighted by Crippen LogP contribution is 2.13.